The molecular formula is C31H37N3O4. The van der Waals surface area contributed by atoms with E-state index >= 15 is 0 Å². The van der Waals surface area contributed by atoms with Gasteiger partial charge >= 0.3 is 0 Å². The van der Waals surface area contributed by atoms with E-state index in [1.807, 2.05) is 82.3 Å². The minimum atomic E-state index is -0.724. The first-order valence-electron chi connectivity index (χ1n) is 12.8. The predicted molar refractivity (Wildman–Crippen MR) is 150 cm³/mol. The highest BCUT2D eigenvalue weighted by atomic mass is 16.5. The topological polar surface area (TPSA) is 89.0 Å². The molecule has 3 rings (SSSR count). The molecule has 0 radical (unpaired) electrons. The van der Waals surface area contributed by atoms with E-state index in [0.29, 0.717) is 18.8 Å². The number of hydrogen-bond donors (Lipinski definition) is 2. The van der Waals surface area contributed by atoms with Crippen molar-refractivity contribution in [3.8, 4) is 11.5 Å². The fraction of sp³-hybridized carbons (Fsp3) is 0.323. The largest absolute Gasteiger partial charge is 0.489 e. The molecule has 3 aromatic carbocycles. The maximum absolute atomic E-state index is 12.8. The van der Waals surface area contributed by atoms with E-state index in [-0.39, 0.29) is 24.3 Å². The molecule has 0 saturated carbocycles. The van der Waals surface area contributed by atoms with Crippen molar-refractivity contribution in [3.05, 3.63) is 94.5 Å². The summed E-state index contributed by atoms with van der Waals surface area (Å²) in [7, 11) is 0. The molecule has 0 aromatic heterocycles. The number of aryl methyl sites for hydroxylation is 3. The first-order valence-corrected chi connectivity index (χ1v) is 12.8. The maximum atomic E-state index is 12.8. The van der Waals surface area contributed by atoms with Gasteiger partial charge in [-0.1, -0.05) is 61.9 Å². The van der Waals surface area contributed by atoms with Crippen molar-refractivity contribution in [1.29, 1.82) is 0 Å². The molecular weight excluding hydrogens is 478 g/mol. The summed E-state index contributed by atoms with van der Waals surface area (Å²) in [5, 5.41) is 6.86. The van der Waals surface area contributed by atoms with Crippen molar-refractivity contribution in [3.63, 3.8) is 0 Å². The Morgan fingerprint density at radius 1 is 0.921 bits per heavy atom. The van der Waals surface area contributed by atoms with Gasteiger partial charge in [0.2, 0.25) is 0 Å². The second-order valence-electron chi connectivity index (χ2n) is 9.84. The molecule has 0 bridgehead atoms. The van der Waals surface area contributed by atoms with Gasteiger partial charge in [-0.25, -0.2) is 5.43 Å². The Morgan fingerprint density at radius 2 is 1.61 bits per heavy atom. The fourth-order valence-corrected chi connectivity index (χ4v) is 3.97. The number of ether oxygens (including phenoxy) is 2. The van der Waals surface area contributed by atoms with Gasteiger partial charge in [-0.15, -0.1) is 0 Å². The second-order valence-corrected chi connectivity index (χ2v) is 9.84. The number of hydrazone groups is 1. The summed E-state index contributed by atoms with van der Waals surface area (Å²) in [6, 6.07) is 20.7. The zero-order valence-corrected chi connectivity index (χ0v) is 22.8. The van der Waals surface area contributed by atoms with Crippen molar-refractivity contribution in [2.75, 3.05) is 6.61 Å². The second kappa shape index (κ2) is 14.0. The standard InChI is InChI=1S/C31H37N3O4/c1-21(2)16-28(33-29(35)20-38-30-23(4)9-7-10-24(30)5)31(36)34-32-18-25-12-14-27(15-13-25)37-19-26-11-6-8-22(3)17-26/h6-15,17-18,21,28H,16,19-20H2,1-5H3,(H,33,35)(H,34,36)/b32-18-/t28-/m0/s1. The van der Waals surface area contributed by atoms with Gasteiger partial charge in [-0.3, -0.25) is 9.59 Å². The van der Waals surface area contributed by atoms with E-state index in [9.17, 15) is 9.59 Å². The van der Waals surface area contributed by atoms with Crippen LogP contribution in [0.1, 0.15) is 48.1 Å². The quantitative estimate of drug-likeness (QED) is 0.255. The summed E-state index contributed by atoms with van der Waals surface area (Å²) in [4.78, 5) is 25.3. The van der Waals surface area contributed by atoms with Crippen molar-refractivity contribution in [1.82, 2.24) is 10.7 Å². The van der Waals surface area contributed by atoms with Gasteiger partial charge < -0.3 is 14.8 Å². The van der Waals surface area contributed by atoms with Crippen LogP contribution in [0.25, 0.3) is 0 Å². The van der Waals surface area contributed by atoms with Crippen LogP contribution in [0, 0.1) is 26.7 Å². The minimum Gasteiger partial charge on any atom is -0.489 e. The number of amides is 2. The van der Waals surface area contributed by atoms with E-state index < -0.39 is 6.04 Å². The highest BCUT2D eigenvalue weighted by molar-refractivity contribution is 5.89. The number of carbonyl (C=O) groups is 2. The van der Waals surface area contributed by atoms with Crippen LogP contribution in [0.15, 0.2) is 71.8 Å². The third kappa shape index (κ3) is 9.07. The third-order valence-electron chi connectivity index (χ3n) is 5.87. The number of benzene rings is 3. The summed E-state index contributed by atoms with van der Waals surface area (Å²) in [5.41, 5.74) is 7.56. The molecule has 0 saturated heterocycles. The van der Waals surface area contributed by atoms with Crippen molar-refractivity contribution >= 4 is 18.0 Å². The first-order chi connectivity index (χ1) is 18.2. The predicted octanol–water partition coefficient (Wildman–Crippen LogP) is 5.25. The molecule has 0 unspecified atom stereocenters. The summed E-state index contributed by atoms with van der Waals surface area (Å²) in [6.45, 7) is 10.2. The van der Waals surface area contributed by atoms with Crippen LogP contribution in [-0.4, -0.2) is 30.7 Å². The van der Waals surface area contributed by atoms with Crippen LogP contribution in [0.5, 0.6) is 11.5 Å². The van der Waals surface area contributed by atoms with Crippen molar-refractivity contribution in [2.45, 2.75) is 53.7 Å². The lowest BCUT2D eigenvalue weighted by molar-refractivity contribution is -0.130. The molecule has 0 fully saturated rings. The molecule has 38 heavy (non-hydrogen) atoms. The summed E-state index contributed by atoms with van der Waals surface area (Å²) in [5.74, 6) is 0.883. The number of rotatable bonds is 12. The van der Waals surface area contributed by atoms with Crippen LogP contribution in [0.4, 0.5) is 0 Å². The number of carbonyl (C=O) groups excluding carboxylic acids is 2. The number of para-hydroxylation sites is 1. The van der Waals surface area contributed by atoms with Gasteiger partial charge in [0.05, 0.1) is 6.21 Å². The molecule has 2 N–H and O–H groups in total. The summed E-state index contributed by atoms with van der Waals surface area (Å²) in [6.07, 6.45) is 2.03. The Hall–Kier alpha value is -4.13. The smallest absolute Gasteiger partial charge is 0.262 e. The molecule has 1 atom stereocenters. The summed E-state index contributed by atoms with van der Waals surface area (Å²) < 4.78 is 11.6. The van der Waals surface area contributed by atoms with E-state index in [2.05, 4.69) is 34.9 Å². The lowest BCUT2D eigenvalue weighted by Crippen LogP contribution is -2.47. The minimum absolute atomic E-state index is 0.171. The SMILES string of the molecule is Cc1cccc(COc2ccc(/C=N\NC(=O)[C@H](CC(C)C)NC(=O)COc3c(C)cccc3C)cc2)c1. The molecule has 7 heteroatoms. The highest BCUT2D eigenvalue weighted by Gasteiger charge is 2.22. The normalized spacial score (nSPS) is 11.8. The van der Waals surface area contributed by atoms with Crippen molar-refractivity contribution in [2.24, 2.45) is 11.0 Å². The molecule has 0 heterocycles. The molecule has 0 aliphatic carbocycles. The zero-order valence-electron chi connectivity index (χ0n) is 22.8. The van der Waals surface area contributed by atoms with E-state index in [1.54, 1.807) is 6.21 Å². The molecule has 0 aliphatic heterocycles. The molecule has 2 amide bonds. The van der Waals surface area contributed by atoms with Crippen molar-refractivity contribution < 1.29 is 19.1 Å². The zero-order chi connectivity index (χ0) is 27.5. The molecule has 7 nitrogen and oxygen atoms in total. The Morgan fingerprint density at radius 3 is 2.26 bits per heavy atom. The monoisotopic (exact) mass is 515 g/mol. The van der Waals surface area contributed by atoms with E-state index in [4.69, 9.17) is 9.47 Å². The van der Waals surface area contributed by atoms with Gasteiger partial charge in [0.1, 0.15) is 24.1 Å². The van der Waals surface area contributed by atoms with Crippen LogP contribution < -0.4 is 20.2 Å². The molecule has 200 valence electrons. The van der Waals surface area contributed by atoms with E-state index in [0.717, 1.165) is 28.0 Å². The van der Waals surface area contributed by atoms with Gasteiger partial charge in [0, 0.05) is 0 Å². The Balaban J connectivity index is 1.50. The van der Waals surface area contributed by atoms with Crippen LogP contribution >= 0.6 is 0 Å². The van der Waals surface area contributed by atoms with Gasteiger partial charge in [0.25, 0.3) is 11.8 Å². The number of nitrogens with one attached hydrogen (secondary N) is 2. The number of hydrogen-bond acceptors (Lipinski definition) is 5. The fourth-order valence-electron chi connectivity index (χ4n) is 3.97. The Labute approximate surface area is 225 Å². The lowest BCUT2D eigenvalue weighted by atomic mass is 10.0. The number of nitrogens with zero attached hydrogens (tertiary/aromatic N) is 1. The lowest BCUT2D eigenvalue weighted by Gasteiger charge is -2.19. The molecule has 0 aliphatic rings. The average molecular weight is 516 g/mol. The molecule has 3 aromatic rings. The van der Waals surface area contributed by atoms with Crippen LogP contribution in [0.2, 0.25) is 0 Å². The van der Waals surface area contributed by atoms with Crippen LogP contribution in [0.3, 0.4) is 0 Å². The molecule has 0 spiro atoms. The first kappa shape index (κ1) is 28.4. The average Bonchev–Trinajstić information content (AvgIpc) is 2.87. The Bertz CT molecular complexity index is 1230. The maximum Gasteiger partial charge on any atom is 0.262 e. The van der Waals surface area contributed by atoms with E-state index in [1.165, 1.54) is 5.56 Å². The van der Waals surface area contributed by atoms with Gasteiger partial charge in [-0.2, -0.15) is 5.10 Å². The Kier molecular flexibility index (Phi) is 10.5. The summed E-state index contributed by atoms with van der Waals surface area (Å²) >= 11 is 0. The third-order valence-corrected chi connectivity index (χ3v) is 5.87. The van der Waals surface area contributed by atoms with Gasteiger partial charge in [0.15, 0.2) is 6.61 Å². The highest BCUT2D eigenvalue weighted by Crippen LogP contribution is 2.22. The van der Waals surface area contributed by atoms with Gasteiger partial charge in [-0.05, 0) is 79.6 Å². The van der Waals surface area contributed by atoms with Crippen LogP contribution in [-0.2, 0) is 16.2 Å².